The molecule has 2 atom stereocenters. The van der Waals surface area contributed by atoms with E-state index in [4.69, 9.17) is 5.73 Å². The highest BCUT2D eigenvalue weighted by Gasteiger charge is 2.28. The van der Waals surface area contributed by atoms with E-state index in [-0.39, 0.29) is 24.4 Å². The Morgan fingerprint density at radius 2 is 2.00 bits per heavy atom. The minimum atomic E-state index is 0. The molecule has 0 aromatic rings. The average Bonchev–Trinajstić information content (AvgIpc) is 2.91. The highest BCUT2D eigenvalue weighted by atomic mass is 35.5. The van der Waals surface area contributed by atoms with Crippen LogP contribution in [0.5, 0.6) is 0 Å². The quantitative estimate of drug-likeness (QED) is 0.816. The highest BCUT2D eigenvalue weighted by Crippen LogP contribution is 2.22. The van der Waals surface area contributed by atoms with Gasteiger partial charge in [0.05, 0.1) is 6.04 Å². The zero-order valence-electron chi connectivity index (χ0n) is 12.6. The maximum atomic E-state index is 12.3. The zero-order chi connectivity index (χ0) is 13.7. The number of carbonyl (C=O) groups excluding carboxylic acids is 1. The van der Waals surface area contributed by atoms with Gasteiger partial charge >= 0.3 is 0 Å². The first-order chi connectivity index (χ1) is 9.20. The Morgan fingerprint density at radius 3 is 2.65 bits per heavy atom. The van der Waals surface area contributed by atoms with Gasteiger partial charge in [0.25, 0.3) is 0 Å². The molecule has 1 heterocycles. The molecule has 118 valence electrons. The van der Waals surface area contributed by atoms with Crippen LogP contribution in [0.4, 0.5) is 0 Å². The molecule has 0 aromatic heterocycles. The fourth-order valence-electron chi connectivity index (χ4n) is 3.48. The molecule has 2 unspecified atom stereocenters. The summed E-state index contributed by atoms with van der Waals surface area (Å²) in [5, 5.41) is 3.22. The molecule has 2 rings (SSSR count). The monoisotopic (exact) mass is 303 g/mol. The summed E-state index contributed by atoms with van der Waals surface area (Å²) in [5.41, 5.74) is 5.65. The normalized spacial score (nSPS) is 26.0. The first-order valence-corrected chi connectivity index (χ1v) is 7.95. The Balaban J connectivity index is 0.00000200. The van der Waals surface area contributed by atoms with Crippen molar-refractivity contribution in [2.45, 2.75) is 64.0 Å². The molecule has 3 N–H and O–H groups in total. The van der Waals surface area contributed by atoms with Crippen molar-refractivity contribution in [3.05, 3.63) is 0 Å². The molecule has 1 aliphatic carbocycles. The molecule has 2 aliphatic rings. The van der Waals surface area contributed by atoms with Gasteiger partial charge in [0.2, 0.25) is 5.91 Å². The number of nitrogens with one attached hydrogen (secondary N) is 1. The predicted molar refractivity (Wildman–Crippen MR) is 85.1 cm³/mol. The van der Waals surface area contributed by atoms with Gasteiger partial charge in [0, 0.05) is 12.6 Å². The Morgan fingerprint density at radius 1 is 1.30 bits per heavy atom. The Labute approximate surface area is 129 Å². The lowest BCUT2D eigenvalue weighted by Gasteiger charge is -2.36. The van der Waals surface area contributed by atoms with E-state index < -0.39 is 0 Å². The van der Waals surface area contributed by atoms with Crippen LogP contribution < -0.4 is 11.1 Å². The van der Waals surface area contributed by atoms with Crippen LogP contribution in [-0.4, -0.2) is 42.5 Å². The standard InChI is InChI=1S/C15H29N3O.ClH/c1-12(15(19)17-14-6-2-3-7-14)18-10-4-5-13(11-18)8-9-16;/h12-14H,2-11,16H2,1H3,(H,17,19);1H. The number of carbonyl (C=O) groups is 1. The van der Waals surface area contributed by atoms with E-state index in [1.807, 2.05) is 0 Å². The van der Waals surface area contributed by atoms with Gasteiger partial charge in [-0.15, -0.1) is 12.4 Å². The van der Waals surface area contributed by atoms with Crippen molar-refractivity contribution in [1.29, 1.82) is 0 Å². The maximum Gasteiger partial charge on any atom is 0.237 e. The van der Waals surface area contributed by atoms with Crippen LogP contribution in [0.2, 0.25) is 0 Å². The largest absolute Gasteiger partial charge is 0.352 e. The smallest absolute Gasteiger partial charge is 0.237 e. The molecule has 1 saturated carbocycles. The number of nitrogens with zero attached hydrogens (tertiary/aromatic N) is 1. The Bertz CT molecular complexity index is 293. The first-order valence-electron chi connectivity index (χ1n) is 7.95. The van der Waals surface area contributed by atoms with Crippen LogP contribution in [-0.2, 0) is 4.79 Å². The number of amides is 1. The van der Waals surface area contributed by atoms with Gasteiger partial charge in [0.15, 0.2) is 0 Å². The van der Waals surface area contributed by atoms with Crippen molar-refractivity contribution in [1.82, 2.24) is 10.2 Å². The summed E-state index contributed by atoms with van der Waals surface area (Å²) in [4.78, 5) is 14.6. The van der Waals surface area contributed by atoms with Gasteiger partial charge in [0.1, 0.15) is 0 Å². The number of halogens is 1. The van der Waals surface area contributed by atoms with Crippen LogP contribution >= 0.6 is 12.4 Å². The fourth-order valence-corrected chi connectivity index (χ4v) is 3.48. The summed E-state index contributed by atoms with van der Waals surface area (Å²) in [6, 6.07) is 0.445. The average molecular weight is 304 g/mol. The van der Waals surface area contributed by atoms with Crippen LogP contribution in [0.15, 0.2) is 0 Å². The lowest BCUT2D eigenvalue weighted by atomic mass is 9.94. The lowest BCUT2D eigenvalue weighted by molar-refractivity contribution is -0.127. The SMILES string of the molecule is CC(C(=O)NC1CCCC1)N1CCCC(CCN)C1.Cl. The minimum absolute atomic E-state index is 0. The second kappa shape index (κ2) is 8.85. The van der Waals surface area contributed by atoms with E-state index in [0.29, 0.717) is 12.0 Å². The van der Waals surface area contributed by atoms with E-state index in [2.05, 4.69) is 17.1 Å². The molecule has 5 heteroatoms. The van der Waals surface area contributed by atoms with E-state index in [9.17, 15) is 4.79 Å². The number of hydrogen-bond donors (Lipinski definition) is 2. The fraction of sp³-hybridized carbons (Fsp3) is 0.933. The van der Waals surface area contributed by atoms with Crippen LogP contribution in [0.1, 0.15) is 51.9 Å². The van der Waals surface area contributed by atoms with Gasteiger partial charge in [-0.2, -0.15) is 0 Å². The topological polar surface area (TPSA) is 58.4 Å². The van der Waals surface area contributed by atoms with Gasteiger partial charge < -0.3 is 11.1 Å². The van der Waals surface area contributed by atoms with Crippen molar-refractivity contribution in [3.63, 3.8) is 0 Å². The van der Waals surface area contributed by atoms with Gasteiger partial charge in [-0.05, 0) is 58.0 Å². The van der Waals surface area contributed by atoms with Crippen molar-refractivity contribution in [2.75, 3.05) is 19.6 Å². The molecule has 0 spiro atoms. The molecule has 0 aromatic carbocycles. The Kier molecular flexibility index (Phi) is 7.85. The molecule has 2 fully saturated rings. The molecule has 20 heavy (non-hydrogen) atoms. The summed E-state index contributed by atoms with van der Waals surface area (Å²) < 4.78 is 0. The molecular formula is C15H30ClN3O. The highest BCUT2D eigenvalue weighted by molar-refractivity contribution is 5.85. The number of likely N-dealkylation sites (tertiary alicyclic amines) is 1. The summed E-state index contributed by atoms with van der Waals surface area (Å²) in [5.74, 6) is 0.903. The number of nitrogens with two attached hydrogens (primary N) is 1. The van der Waals surface area contributed by atoms with Crippen LogP contribution in [0.3, 0.4) is 0 Å². The summed E-state index contributed by atoms with van der Waals surface area (Å²) in [7, 11) is 0. The number of rotatable bonds is 5. The van der Waals surface area contributed by atoms with Crippen molar-refractivity contribution >= 4 is 18.3 Å². The van der Waals surface area contributed by atoms with Crippen molar-refractivity contribution in [3.8, 4) is 0 Å². The van der Waals surface area contributed by atoms with E-state index in [1.54, 1.807) is 0 Å². The van der Waals surface area contributed by atoms with Crippen LogP contribution in [0.25, 0.3) is 0 Å². The molecule has 1 amide bonds. The predicted octanol–water partition coefficient (Wildman–Crippen LogP) is 1.92. The summed E-state index contributed by atoms with van der Waals surface area (Å²) in [6.07, 6.45) is 8.41. The molecule has 0 bridgehead atoms. The number of hydrogen-bond acceptors (Lipinski definition) is 3. The molecule has 1 aliphatic heterocycles. The van der Waals surface area contributed by atoms with Gasteiger partial charge in [-0.25, -0.2) is 0 Å². The third kappa shape index (κ3) is 4.90. The second-order valence-corrected chi connectivity index (χ2v) is 6.25. The third-order valence-electron chi connectivity index (χ3n) is 4.75. The summed E-state index contributed by atoms with van der Waals surface area (Å²) >= 11 is 0. The molecule has 1 saturated heterocycles. The second-order valence-electron chi connectivity index (χ2n) is 6.25. The van der Waals surface area contributed by atoms with Crippen LogP contribution in [0, 0.1) is 5.92 Å². The first kappa shape index (κ1) is 17.7. The maximum absolute atomic E-state index is 12.3. The van der Waals surface area contributed by atoms with E-state index >= 15 is 0 Å². The lowest BCUT2D eigenvalue weighted by Crippen LogP contribution is -2.50. The minimum Gasteiger partial charge on any atom is -0.352 e. The Hall–Kier alpha value is -0.320. The third-order valence-corrected chi connectivity index (χ3v) is 4.75. The zero-order valence-corrected chi connectivity index (χ0v) is 13.5. The van der Waals surface area contributed by atoms with Crippen molar-refractivity contribution in [2.24, 2.45) is 11.7 Å². The van der Waals surface area contributed by atoms with Gasteiger partial charge in [-0.1, -0.05) is 12.8 Å². The molecular weight excluding hydrogens is 274 g/mol. The van der Waals surface area contributed by atoms with E-state index in [1.165, 1.54) is 25.7 Å². The van der Waals surface area contributed by atoms with E-state index in [0.717, 1.165) is 38.9 Å². The summed E-state index contributed by atoms with van der Waals surface area (Å²) in [6.45, 7) is 4.91. The number of piperidine rings is 1. The van der Waals surface area contributed by atoms with Crippen molar-refractivity contribution < 1.29 is 4.79 Å². The van der Waals surface area contributed by atoms with Gasteiger partial charge in [-0.3, -0.25) is 9.69 Å². The molecule has 0 radical (unpaired) electrons. The molecule has 4 nitrogen and oxygen atoms in total.